The van der Waals surface area contributed by atoms with Gasteiger partial charge in [0.2, 0.25) is 5.91 Å². The first-order chi connectivity index (χ1) is 7.27. The normalized spacial score (nSPS) is 31.9. The first-order valence-corrected chi connectivity index (χ1v) is 6.27. The molecule has 2 aliphatic heterocycles. The molecule has 2 fully saturated rings. The number of piperidine rings is 1. The van der Waals surface area contributed by atoms with Crippen LogP contribution in [0.5, 0.6) is 0 Å². The number of carbonyl (C=O) groups is 1. The Labute approximate surface area is 92.2 Å². The van der Waals surface area contributed by atoms with Gasteiger partial charge in [-0.15, -0.1) is 0 Å². The summed E-state index contributed by atoms with van der Waals surface area (Å²) in [5.41, 5.74) is 0. The molecule has 0 aromatic carbocycles. The summed E-state index contributed by atoms with van der Waals surface area (Å²) in [5.74, 6) is 0.975. The van der Waals surface area contributed by atoms with Crippen LogP contribution in [0.1, 0.15) is 39.0 Å². The van der Waals surface area contributed by atoms with Crippen molar-refractivity contribution >= 4 is 5.91 Å². The molecule has 0 radical (unpaired) electrons. The van der Waals surface area contributed by atoms with Crippen molar-refractivity contribution in [1.82, 2.24) is 10.2 Å². The van der Waals surface area contributed by atoms with E-state index >= 15 is 0 Å². The fourth-order valence-electron chi connectivity index (χ4n) is 2.72. The van der Waals surface area contributed by atoms with E-state index in [1.165, 1.54) is 25.7 Å². The van der Waals surface area contributed by atoms with Gasteiger partial charge < -0.3 is 10.2 Å². The Morgan fingerprint density at radius 3 is 2.93 bits per heavy atom. The van der Waals surface area contributed by atoms with Crippen LogP contribution in [0.3, 0.4) is 0 Å². The molecule has 2 atom stereocenters. The number of hydrogen-bond acceptors (Lipinski definition) is 2. The van der Waals surface area contributed by atoms with E-state index in [0.717, 1.165) is 26.1 Å². The highest BCUT2D eigenvalue weighted by molar-refractivity contribution is 5.76. The molecule has 3 nitrogen and oxygen atoms in total. The minimum atomic E-state index is 0.385. The molecule has 2 aliphatic rings. The van der Waals surface area contributed by atoms with Gasteiger partial charge in [-0.05, 0) is 51.6 Å². The molecule has 0 aliphatic carbocycles. The molecule has 2 heterocycles. The molecule has 3 heteroatoms. The summed E-state index contributed by atoms with van der Waals surface area (Å²) in [4.78, 5) is 14.2. The van der Waals surface area contributed by atoms with E-state index in [-0.39, 0.29) is 0 Å². The smallest absolute Gasteiger partial charge is 0.223 e. The van der Waals surface area contributed by atoms with Gasteiger partial charge >= 0.3 is 0 Å². The van der Waals surface area contributed by atoms with Gasteiger partial charge in [-0.1, -0.05) is 0 Å². The fraction of sp³-hybridized carbons (Fsp3) is 0.917. The third kappa shape index (κ3) is 2.71. The Balaban J connectivity index is 1.83. The van der Waals surface area contributed by atoms with Gasteiger partial charge in [0.25, 0.3) is 0 Å². The predicted octanol–water partition coefficient (Wildman–Crippen LogP) is 1.39. The zero-order valence-corrected chi connectivity index (χ0v) is 9.67. The summed E-state index contributed by atoms with van der Waals surface area (Å²) < 4.78 is 0. The summed E-state index contributed by atoms with van der Waals surface area (Å²) >= 11 is 0. The maximum absolute atomic E-state index is 12.1. The second kappa shape index (κ2) is 4.97. The minimum Gasteiger partial charge on any atom is -0.340 e. The molecule has 86 valence electrons. The Morgan fingerprint density at radius 2 is 2.27 bits per heavy atom. The van der Waals surface area contributed by atoms with Gasteiger partial charge in [-0.3, -0.25) is 4.79 Å². The summed E-state index contributed by atoms with van der Waals surface area (Å²) in [7, 11) is 0. The number of rotatable bonds is 2. The van der Waals surface area contributed by atoms with Crippen LogP contribution < -0.4 is 5.32 Å². The van der Waals surface area contributed by atoms with E-state index in [9.17, 15) is 4.79 Å². The molecule has 0 spiro atoms. The fourth-order valence-corrected chi connectivity index (χ4v) is 2.72. The number of nitrogens with zero attached hydrogens (tertiary/aromatic N) is 1. The van der Waals surface area contributed by atoms with Crippen molar-refractivity contribution in [2.75, 3.05) is 19.6 Å². The van der Waals surface area contributed by atoms with Gasteiger partial charge in [0, 0.05) is 19.0 Å². The Morgan fingerprint density at radius 1 is 1.40 bits per heavy atom. The van der Waals surface area contributed by atoms with E-state index in [2.05, 4.69) is 17.1 Å². The molecule has 2 rings (SSSR count). The van der Waals surface area contributed by atoms with Crippen LogP contribution in [0.4, 0.5) is 0 Å². The standard InChI is InChI=1S/C12H22N2O/c1-10-4-2-3-7-14(10)12(15)8-11-5-6-13-9-11/h10-11,13H,2-9H2,1H3. The molecule has 1 amide bonds. The molecule has 2 saturated heterocycles. The molecule has 0 saturated carbocycles. The SMILES string of the molecule is CC1CCCCN1C(=O)CC1CCNC1. The maximum Gasteiger partial charge on any atom is 0.223 e. The second-order valence-corrected chi connectivity index (χ2v) is 4.99. The number of hydrogen-bond donors (Lipinski definition) is 1. The van der Waals surface area contributed by atoms with Crippen LogP contribution in [0.25, 0.3) is 0 Å². The summed E-state index contributed by atoms with van der Waals surface area (Å²) in [6, 6.07) is 0.473. The van der Waals surface area contributed by atoms with Gasteiger partial charge in [0.1, 0.15) is 0 Å². The Bertz CT molecular complexity index is 224. The molecular formula is C12H22N2O. The first kappa shape index (κ1) is 10.9. The van der Waals surface area contributed by atoms with Crippen LogP contribution in [0.15, 0.2) is 0 Å². The Kier molecular flexibility index (Phi) is 3.62. The lowest BCUT2D eigenvalue weighted by atomic mass is 10.00. The van der Waals surface area contributed by atoms with E-state index in [0.29, 0.717) is 17.9 Å². The second-order valence-electron chi connectivity index (χ2n) is 4.99. The van der Waals surface area contributed by atoms with E-state index in [4.69, 9.17) is 0 Å². The number of carbonyl (C=O) groups excluding carboxylic acids is 1. The van der Waals surface area contributed by atoms with Gasteiger partial charge in [-0.2, -0.15) is 0 Å². The quantitative estimate of drug-likeness (QED) is 0.747. The lowest BCUT2D eigenvalue weighted by Crippen LogP contribution is -2.42. The minimum absolute atomic E-state index is 0.385. The van der Waals surface area contributed by atoms with Crippen LogP contribution >= 0.6 is 0 Å². The molecule has 15 heavy (non-hydrogen) atoms. The largest absolute Gasteiger partial charge is 0.340 e. The predicted molar refractivity (Wildman–Crippen MR) is 60.6 cm³/mol. The topological polar surface area (TPSA) is 32.3 Å². The first-order valence-electron chi connectivity index (χ1n) is 6.27. The van der Waals surface area contributed by atoms with Crippen molar-refractivity contribution in [3.63, 3.8) is 0 Å². The van der Waals surface area contributed by atoms with E-state index in [1.807, 2.05) is 0 Å². The van der Waals surface area contributed by atoms with Crippen LogP contribution in [0, 0.1) is 5.92 Å². The van der Waals surface area contributed by atoms with Crippen LogP contribution in [0.2, 0.25) is 0 Å². The highest BCUT2D eigenvalue weighted by Gasteiger charge is 2.26. The zero-order valence-electron chi connectivity index (χ0n) is 9.67. The number of likely N-dealkylation sites (tertiary alicyclic amines) is 1. The van der Waals surface area contributed by atoms with E-state index in [1.54, 1.807) is 0 Å². The number of amides is 1. The molecule has 1 N–H and O–H groups in total. The molecule has 0 aromatic rings. The van der Waals surface area contributed by atoms with Gasteiger partial charge in [0.05, 0.1) is 0 Å². The van der Waals surface area contributed by atoms with Gasteiger partial charge in [-0.25, -0.2) is 0 Å². The lowest BCUT2D eigenvalue weighted by molar-refractivity contribution is -0.135. The van der Waals surface area contributed by atoms with Gasteiger partial charge in [0.15, 0.2) is 0 Å². The summed E-state index contributed by atoms with van der Waals surface area (Å²) in [5, 5.41) is 3.32. The molecule has 0 bridgehead atoms. The van der Waals surface area contributed by atoms with Crippen molar-refractivity contribution in [1.29, 1.82) is 0 Å². The van der Waals surface area contributed by atoms with Crippen molar-refractivity contribution in [2.24, 2.45) is 5.92 Å². The zero-order chi connectivity index (χ0) is 10.7. The average Bonchev–Trinajstić information content (AvgIpc) is 2.71. The summed E-state index contributed by atoms with van der Waals surface area (Å²) in [6.45, 7) is 5.30. The Hall–Kier alpha value is -0.570. The van der Waals surface area contributed by atoms with Crippen LogP contribution in [-0.4, -0.2) is 36.5 Å². The lowest BCUT2D eigenvalue weighted by Gasteiger charge is -2.34. The van der Waals surface area contributed by atoms with Crippen molar-refractivity contribution in [3.05, 3.63) is 0 Å². The molecule has 2 unspecified atom stereocenters. The van der Waals surface area contributed by atoms with Crippen molar-refractivity contribution in [2.45, 2.75) is 45.1 Å². The highest BCUT2D eigenvalue weighted by Crippen LogP contribution is 2.20. The third-order valence-electron chi connectivity index (χ3n) is 3.75. The third-order valence-corrected chi connectivity index (χ3v) is 3.75. The molecular weight excluding hydrogens is 188 g/mol. The highest BCUT2D eigenvalue weighted by atomic mass is 16.2. The number of nitrogens with one attached hydrogen (secondary N) is 1. The monoisotopic (exact) mass is 210 g/mol. The van der Waals surface area contributed by atoms with E-state index < -0.39 is 0 Å². The average molecular weight is 210 g/mol. The van der Waals surface area contributed by atoms with Crippen molar-refractivity contribution in [3.8, 4) is 0 Å². The maximum atomic E-state index is 12.1. The molecule has 0 aromatic heterocycles. The van der Waals surface area contributed by atoms with Crippen LogP contribution in [-0.2, 0) is 4.79 Å². The summed E-state index contributed by atoms with van der Waals surface area (Å²) in [6.07, 6.45) is 5.61. The van der Waals surface area contributed by atoms with Crippen molar-refractivity contribution < 1.29 is 4.79 Å².